The number of aryl methyl sites for hydroxylation is 1. The third kappa shape index (κ3) is 1.67. The van der Waals surface area contributed by atoms with E-state index in [-0.39, 0.29) is 5.38 Å². The van der Waals surface area contributed by atoms with Crippen LogP contribution in [0.15, 0.2) is 15.3 Å². The summed E-state index contributed by atoms with van der Waals surface area (Å²) in [5.74, 6) is 1.08. The second-order valence-corrected chi connectivity index (χ2v) is 4.44. The summed E-state index contributed by atoms with van der Waals surface area (Å²) in [7, 11) is 0. The molecule has 74 valence electrons. The fraction of sp³-hybridized carbons (Fsp3) is 0.333. The van der Waals surface area contributed by atoms with Crippen molar-refractivity contribution in [2.75, 3.05) is 0 Å². The van der Waals surface area contributed by atoms with Crippen molar-refractivity contribution in [2.24, 2.45) is 0 Å². The molecule has 0 spiro atoms. The Morgan fingerprint density at radius 1 is 1.50 bits per heavy atom. The number of hydrogen-bond acceptors (Lipinski definition) is 4. The second-order valence-electron chi connectivity index (χ2n) is 3.04. The second kappa shape index (κ2) is 3.71. The molecule has 2 aromatic rings. The lowest BCUT2D eigenvalue weighted by Crippen LogP contribution is -1.84. The van der Waals surface area contributed by atoms with Crippen LogP contribution >= 0.6 is 22.9 Å². The molecule has 3 nitrogen and oxygen atoms in total. The first kappa shape index (κ1) is 9.68. The van der Waals surface area contributed by atoms with Crippen LogP contribution in [-0.4, -0.2) is 10.1 Å². The van der Waals surface area contributed by atoms with Gasteiger partial charge in [-0.15, -0.1) is 11.6 Å². The van der Waals surface area contributed by atoms with Crippen molar-refractivity contribution in [2.45, 2.75) is 19.2 Å². The van der Waals surface area contributed by atoms with Crippen LogP contribution < -0.4 is 0 Å². The van der Waals surface area contributed by atoms with Crippen molar-refractivity contribution < 1.29 is 4.52 Å². The van der Waals surface area contributed by atoms with Crippen LogP contribution in [0.1, 0.15) is 23.8 Å². The minimum atomic E-state index is -0.241. The van der Waals surface area contributed by atoms with Crippen LogP contribution in [0, 0.1) is 6.92 Å². The average molecular weight is 229 g/mol. The number of rotatable bonds is 2. The van der Waals surface area contributed by atoms with E-state index in [9.17, 15) is 0 Å². The molecule has 0 fully saturated rings. The van der Waals surface area contributed by atoms with Crippen LogP contribution in [0.25, 0.3) is 11.4 Å². The van der Waals surface area contributed by atoms with E-state index in [1.54, 1.807) is 18.3 Å². The van der Waals surface area contributed by atoms with Gasteiger partial charge in [-0.05, 0) is 24.8 Å². The predicted octanol–water partition coefficient (Wildman–Crippen LogP) is 3.41. The zero-order valence-corrected chi connectivity index (χ0v) is 9.39. The number of halogens is 1. The van der Waals surface area contributed by atoms with Crippen LogP contribution in [-0.2, 0) is 0 Å². The van der Waals surface area contributed by atoms with E-state index in [0.717, 1.165) is 11.1 Å². The lowest BCUT2D eigenvalue weighted by molar-refractivity contribution is 0.379. The van der Waals surface area contributed by atoms with Gasteiger partial charge in [-0.3, -0.25) is 0 Å². The summed E-state index contributed by atoms with van der Waals surface area (Å²) in [5, 5.41) is 7.69. The Morgan fingerprint density at radius 3 is 2.79 bits per heavy atom. The highest BCUT2D eigenvalue weighted by molar-refractivity contribution is 7.08. The highest BCUT2D eigenvalue weighted by atomic mass is 35.5. The normalized spacial score (nSPS) is 13.1. The average Bonchev–Trinajstić information content (AvgIpc) is 2.71. The van der Waals surface area contributed by atoms with Gasteiger partial charge >= 0.3 is 0 Å². The smallest absolute Gasteiger partial charge is 0.244 e. The monoisotopic (exact) mass is 228 g/mol. The summed E-state index contributed by atoms with van der Waals surface area (Å²) in [5.41, 5.74) is 2.17. The summed E-state index contributed by atoms with van der Waals surface area (Å²) in [4.78, 5) is 4.21. The van der Waals surface area contributed by atoms with Gasteiger partial charge < -0.3 is 4.52 Å². The van der Waals surface area contributed by atoms with Gasteiger partial charge in [-0.2, -0.15) is 16.3 Å². The summed E-state index contributed by atoms with van der Waals surface area (Å²) in [6, 6.07) is 0. The molecule has 1 atom stereocenters. The van der Waals surface area contributed by atoms with Crippen LogP contribution in [0.2, 0.25) is 0 Å². The number of thiophene rings is 1. The lowest BCUT2D eigenvalue weighted by atomic mass is 10.2. The molecule has 0 aliphatic carbocycles. The maximum atomic E-state index is 5.82. The quantitative estimate of drug-likeness (QED) is 0.740. The summed E-state index contributed by atoms with van der Waals surface area (Å²) >= 11 is 7.45. The van der Waals surface area contributed by atoms with E-state index in [2.05, 4.69) is 15.5 Å². The highest BCUT2D eigenvalue weighted by Crippen LogP contribution is 2.26. The van der Waals surface area contributed by atoms with E-state index >= 15 is 0 Å². The Hall–Kier alpha value is -0.870. The van der Waals surface area contributed by atoms with E-state index in [1.807, 2.05) is 12.3 Å². The van der Waals surface area contributed by atoms with Crippen molar-refractivity contribution in [3.63, 3.8) is 0 Å². The van der Waals surface area contributed by atoms with Crippen molar-refractivity contribution in [1.29, 1.82) is 0 Å². The van der Waals surface area contributed by atoms with E-state index in [0.29, 0.717) is 11.7 Å². The minimum Gasteiger partial charge on any atom is -0.337 e. The highest BCUT2D eigenvalue weighted by Gasteiger charge is 2.14. The molecule has 14 heavy (non-hydrogen) atoms. The fourth-order valence-corrected chi connectivity index (χ4v) is 2.01. The molecule has 0 saturated carbocycles. The number of alkyl halides is 1. The Labute approximate surface area is 90.7 Å². The van der Waals surface area contributed by atoms with Gasteiger partial charge in [-0.25, -0.2) is 0 Å². The van der Waals surface area contributed by atoms with Gasteiger partial charge in [0.2, 0.25) is 11.7 Å². The number of nitrogens with zero attached hydrogens (tertiary/aromatic N) is 2. The molecule has 2 rings (SSSR count). The van der Waals surface area contributed by atoms with E-state index in [1.165, 1.54) is 0 Å². The molecule has 0 radical (unpaired) electrons. The topological polar surface area (TPSA) is 38.9 Å². The summed E-state index contributed by atoms with van der Waals surface area (Å²) < 4.78 is 5.02. The van der Waals surface area contributed by atoms with Gasteiger partial charge in [0.1, 0.15) is 5.38 Å². The first-order valence-electron chi connectivity index (χ1n) is 4.19. The number of aromatic nitrogens is 2. The number of hydrogen-bond donors (Lipinski definition) is 0. The van der Waals surface area contributed by atoms with Crippen molar-refractivity contribution in [3.05, 3.63) is 22.2 Å². The Bertz CT molecular complexity index is 435. The SMILES string of the molecule is Cc1cscc1-c1noc(C(C)Cl)n1. The lowest BCUT2D eigenvalue weighted by Gasteiger charge is -1.91. The standard InChI is InChI=1S/C9H9ClN2OS/c1-5-3-14-4-7(5)8-11-9(6(2)10)13-12-8/h3-4,6H,1-2H3. The van der Waals surface area contributed by atoms with Gasteiger partial charge in [0.05, 0.1) is 0 Å². The predicted molar refractivity (Wildman–Crippen MR) is 56.6 cm³/mol. The maximum absolute atomic E-state index is 5.82. The molecule has 0 N–H and O–H groups in total. The van der Waals surface area contributed by atoms with Crippen LogP contribution in [0.5, 0.6) is 0 Å². The minimum absolute atomic E-state index is 0.241. The Kier molecular flexibility index (Phi) is 2.56. The first-order chi connectivity index (χ1) is 6.68. The molecule has 0 aromatic carbocycles. The van der Waals surface area contributed by atoms with Crippen molar-refractivity contribution in [1.82, 2.24) is 10.1 Å². The van der Waals surface area contributed by atoms with Gasteiger partial charge in [0.15, 0.2) is 0 Å². The zero-order valence-electron chi connectivity index (χ0n) is 7.82. The molecule has 0 aliphatic heterocycles. The molecule has 0 aliphatic rings. The molecule has 2 aromatic heterocycles. The zero-order chi connectivity index (χ0) is 10.1. The molecule has 0 bridgehead atoms. The van der Waals surface area contributed by atoms with Crippen LogP contribution in [0.4, 0.5) is 0 Å². The molecule has 0 amide bonds. The molecular formula is C9H9ClN2OS. The fourth-order valence-electron chi connectivity index (χ4n) is 1.10. The van der Waals surface area contributed by atoms with Gasteiger partial charge in [0, 0.05) is 10.9 Å². The van der Waals surface area contributed by atoms with Crippen molar-refractivity contribution >= 4 is 22.9 Å². The first-order valence-corrected chi connectivity index (χ1v) is 5.57. The third-order valence-electron chi connectivity index (χ3n) is 1.88. The maximum Gasteiger partial charge on any atom is 0.244 e. The molecule has 2 heterocycles. The summed E-state index contributed by atoms with van der Waals surface area (Å²) in [6.45, 7) is 3.82. The Morgan fingerprint density at radius 2 is 2.29 bits per heavy atom. The third-order valence-corrected chi connectivity index (χ3v) is 2.93. The largest absolute Gasteiger partial charge is 0.337 e. The molecule has 0 saturated heterocycles. The van der Waals surface area contributed by atoms with E-state index in [4.69, 9.17) is 16.1 Å². The Balaban J connectivity index is 2.39. The molecule has 1 unspecified atom stereocenters. The van der Waals surface area contributed by atoms with Gasteiger partial charge in [-0.1, -0.05) is 5.16 Å². The van der Waals surface area contributed by atoms with E-state index < -0.39 is 0 Å². The molecule has 5 heteroatoms. The molecular weight excluding hydrogens is 220 g/mol. The van der Waals surface area contributed by atoms with Crippen molar-refractivity contribution in [3.8, 4) is 11.4 Å². The van der Waals surface area contributed by atoms with Crippen LogP contribution in [0.3, 0.4) is 0 Å². The summed E-state index contributed by atoms with van der Waals surface area (Å²) in [6.07, 6.45) is 0. The van der Waals surface area contributed by atoms with Gasteiger partial charge in [0.25, 0.3) is 0 Å².